The van der Waals surface area contributed by atoms with Crippen LogP contribution in [0.5, 0.6) is 11.5 Å². The Kier molecular flexibility index (Phi) is 6.47. The lowest BCUT2D eigenvalue weighted by atomic mass is 9.89. The Hall–Kier alpha value is -2.82. The van der Waals surface area contributed by atoms with E-state index in [0.29, 0.717) is 13.1 Å². The number of hydrogen-bond donors (Lipinski definition) is 2. The third kappa shape index (κ3) is 4.13. The van der Waals surface area contributed by atoms with E-state index in [-0.39, 0.29) is 6.61 Å². The number of ether oxygens (including phenoxy) is 2. The third-order valence-corrected chi connectivity index (χ3v) is 4.53. The Morgan fingerprint density at radius 1 is 0.741 bits per heavy atom. The predicted octanol–water partition coefficient (Wildman–Crippen LogP) is 4.12. The first-order valence-electron chi connectivity index (χ1n) is 9.00. The van der Waals surface area contributed by atoms with E-state index in [2.05, 4.69) is 35.6 Å². The minimum absolute atomic E-state index is 0.107. The first-order valence-corrected chi connectivity index (χ1v) is 9.00. The summed E-state index contributed by atoms with van der Waals surface area (Å²) in [4.78, 5) is 0. The van der Waals surface area contributed by atoms with Gasteiger partial charge in [0.2, 0.25) is 0 Å². The Balaban J connectivity index is 2.23. The fourth-order valence-electron chi connectivity index (χ4n) is 3.31. The van der Waals surface area contributed by atoms with Crippen molar-refractivity contribution in [3.8, 4) is 33.8 Å². The van der Waals surface area contributed by atoms with E-state index in [1.54, 1.807) is 14.2 Å². The molecule has 0 aliphatic carbocycles. The van der Waals surface area contributed by atoms with Crippen LogP contribution in [0, 0.1) is 0 Å². The van der Waals surface area contributed by atoms with Crippen molar-refractivity contribution in [3.63, 3.8) is 0 Å². The largest absolute Gasteiger partial charge is 0.496 e. The highest BCUT2D eigenvalue weighted by Gasteiger charge is 2.17. The zero-order chi connectivity index (χ0) is 19.1. The van der Waals surface area contributed by atoms with Gasteiger partial charge in [0.05, 0.1) is 20.8 Å². The first kappa shape index (κ1) is 19.0. The van der Waals surface area contributed by atoms with Gasteiger partial charge in [0, 0.05) is 24.2 Å². The average Bonchev–Trinajstić information content (AvgIpc) is 2.73. The molecule has 0 radical (unpaired) electrons. The molecular formula is C23H25NO3. The summed E-state index contributed by atoms with van der Waals surface area (Å²) in [6.45, 7) is 1.30. The number of methoxy groups -OCH3 is 2. The van der Waals surface area contributed by atoms with Crippen LogP contribution in [0.2, 0.25) is 0 Å². The summed E-state index contributed by atoms with van der Waals surface area (Å²) < 4.78 is 11.2. The van der Waals surface area contributed by atoms with Crippen LogP contribution in [0.1, 0.15) is 5.56 Å². The van der Waals surface area contributed by atoms with E-state index in [4.69, 9.17) is 14.6 Å². The highest BCUT2D eigenvalue weighted by Crippen LogP contribution is 2.42. The molecule has 3 rings (SSSR count). The zero-order valence-corrected chi connectivity index (χ0v) is 15.7. The first-order chi connectivity index (χ1) is 13.3. The summed E-state index contributed by atoms with van der Waals surface area (Å²) in [7, 11) is 3.38. The fraction of sp³-hybridized carbons (Fsp3) is 0.217. The molecule has 0 saturated carbocycles. The number of hydrogen-bond acceptors (Lipinski definition) is 4. The van der Waals surface area contributed by atoms with Crippen LogP contribution in [-0.4, -0.2) is 32.5 Å². The molecule has 4 nitrogen and oxygen atoms in total. The van der Waals surface area contributed by atoms with Crippen molar-refractivity contribution in [1.82, 2.24) is 5.32 Å². The molecule has 0 heterocycles. The summed E-state index contributed by atoms with van der Waals surface area (Å²) in [5.74, 6) is 1.65. The van der Waals surface area contributed by atoms with E-state index in [9.17, 15) is 0 Å². The van der Waals surface area contributed by atoms with Crippen molar-refractivity contribution in [3.05, 3.63) is 72.3 Å². The SMILES string of the molecule is COc1ccccc1-c1cccc(CNCCO)c1-c1ccccc1OC. The van der Waals surface area contributed by atoms with E-state index < -0.39 is 0 Å². The van der Waals surface area contributed by atoms with Gasteiger partial charge in [-0.25, -0.2) is 0 Å². The molecule has 4 heteroatoms. The van der Waals surface area contributed by atoms with Gasteiger partial charge < -0.3 is 19.9 Å². The lowest BCUT2D eigenvalue weighted by Gasteiger charge is -2.19. The van der Waals surface area contributed by atoms with Crippen molar-refractivity contribution in [2.45, 2.75) is 6.54 Å². The molecule has 0 aromatic heterocycles. The summed E-state index contributed by atoms with van der Waals surface area (Å²) in [6, 6.07) is 22.3. The Labute approximate surface area is 160 Å². The molecule has 0 spiro atoms. The van der Waals surface area contributed by atoms with Gasteiger partial charge in [-0.05, 0) is 28.8 Å². The Morgan fingerprint density at radius 3 is 2.00 bits per heavy atom. The maximum atomic E-state index is 9.11. The Bertz CT molecular complexity index is 892. The average molecular weight is 363 g/mol. The predicted molar refractivity (Wildman–Crippen MR) is 109 cm³/mol. The van der Waals surface area contributed by atoms with E-state index >= 15 is 0 Å². The highest BCUT2D eigenvalue weighted by atomic mass is 16.5. The molecule has 0 unspecified atom stereocenters. The van der Waals surface area contributed by atoms with Crippen LogP contribution in [0.25, 0.3) is 22.3 Å². The summed E-state index contributed by atoms with van der Waals surface area (Å²) in [5.41, 5.74) is 5.38. The molecule has 0 fully saturated rings. The second-order valence-corrected chi connectivity index (χ2v) is 6.14. The van der Waals surface area contributed by atoms with Crippen molar-refractivity contribution in [1.29, 1.82) is 0 Å². The molecule has 0 bridgehead atoms. The van der Waals surface area contributed by atoms with Gasteiger partial charge in [0.15, 0.2) is 0 Å². The van der Waals surface area contributed by atoms with Crippen molar-refractivity contribution < 1.29 is 14.6 Å². The summed E-state index contributed by atoms with van der Waals surface area (Å²) in [6.07, 6.45) is 0. The van der Waals surface area contributed by atoms with Crippen LogP contribution in [-0.2, 0) is 6.54 Å². The molecule has 0 atom stereocenters. The van der Waals surface area contributed by atoms with Crippen LogP contribution in [0.3, 0.4) is 0 Å². The molecular weight excluding hydrogens is 338 g/mol. The second kappa shape index (κ2) is 9.21. The van der Waals surface area contributed by atoms with Gasteiger partial charge in [0.1, 0.15) is 11.5 Å². The Morgan fingerprint density at radius 2 is 1.33 bits per heavy atom. The van der Waals surface area contributed by atoms with Gasteiger partial charge in [0.25, 0.3) is 0 Å². The summed E-state index contributed by atoms with van der Waals surface area (Å²) >= 11 is 0. The fourth-order valence-corrected chi connectivity index (χ4v) is 3.31. The number of benzene rings is 3. The number of aliphatic hydroxyl groups is 1. The molecule has 3 aromatic rings. The van der Waals surface area contributed by atoms with Crippen molar-refractivity contribution >= 4 is 0 Å². The normalized spacial score (nSPS) is 10.6. The van der Waals surface area contributed by atoms with Gasteiger partial charge in [-0.1, -0.05) is 54.6 Å². The molecule has 0 aliphatic rings. The topological polar surface area (TPSA) is 50.7 Å². The maximum absolute atomic E-state index is 9.11. The summed E-state index contributed by atoms with van der Waals surface area (Å²) in [5, 5.41) is 12.4. The molecule has 27 heavy (non-hydrogen) atoms. The van der Waals surface area contributed by atoms with Gasteiger partial charge >= 0.3 is 0 Å². The molecule has 3 aromatic carbocycles. The molecule has 0 aliphatic heterocycles. The number of rotatable bonds is 8. The molecule has 140 valence electrons. The van der Waals surface area contributed by atoms with Crippen LogP contribution in [0.15, 0.2) is 66.7 Å². The molecule has 2 N–H and O–H groups in total. The lowest BCUT2D eigenvalue weighted by Crippen LogP contribution is -2.18. The lowest BCUT2D eigenvalue weighted by molar-refractivity contribution is 0.292. The van der Waals surface area contributed by atoms with Crippen molar-refractivity contribution in [2.75, 3.05) is 27.4 Å². The molecule has 0 amide bonds. The molecule has 0 saturated heterocycles. The minimum Gasteiger partial charge on any atom is -0.496 e. The highest BCUT2D eigenvalue weighted by molar-refractivity contribution is 5.90. The number of aliphatic hydroxyl groups excluding tert-OH is 1. The monoisotopic (exact) mass is 363 g/mol. The quantitative estimate of drug-likeness (QED) is 0.591. The zero-order valence-electron chi connectivity index (χ0n) is 15.7. The second-order valence-electron chi connectivity index (χ2n) is 6.14. The van der Waals surface area contributed by atoms with E-state index in [1.807, 2.05) is 36.4 Å². The van der Waals surface area contributed by atoms with E-state index in [0.717, 1.165) is 39.3 Å². The minimum atomic E-state index is 0.107. The van der Waals surface area contributed by atoms with Gasteiger partial charge in [-0.3, -0.25) is 0 Å². The number of nitrogens with one attached hydrogen (secondary N) is 1. The maximum Gasteiger partial charge on any atom is 0.126 e. The standard InChI is InChI=1S/C23H25NO3/c1-26-21-12-5-3-9-18(21)19-11-7-8-17(16-24-14-15-25)23(19)20-10-4-6-13-22(20)27-2/h3-13,24-25H,14-16H2,1-2H3. The smallest absolute Gasteiger partial charge is 0.126 e. The van der Waals surface area contributed by atoms with Gasteiger partial charge in [-0.15, -0.1) is 0 Å². The van der Waals surface area contributed by atoms with Crippen molar-refractivity contribution in [2.24, 2.45) is 0 Å². The number of para-hydroxylation sites is 2. The van der Waals surface area contributed by atoms with Crippen LogP contribution in [0.4, 0.5) is 0 Å². The van der Waals surface area contributed by atoms with Gasteiger partial charge in [-0.2, -0.15) is 0 Å². The van der Waals surface area contributed by atoms with E-state index in [1.165, 1.54) is 0 Å². The third-order valence-electron chi connectivity index (χ3n) is 4.53. The van der Waals surface area contributed by atoms with Crippen LogP contribution < -0.4 is 14.8 Å². The van der Waals surface area contributed by atoms with Crippen LogP contribution >= 0.6 is 0 Å².